The smallest absolute Gasteiger partial charge is 0.253 e. The summed E-state index contributed by atoms with van der Waals surface area (Å²) in [6.45, 7) is 5.08. The number of aromatic nitrogens is 1. The molecule has 1 amide bonds. The predicted octanol–water partition coefficient (Wildman–Crippen LogP) is 6.04. The van der Waals surface area contributed by atoms with Crippen LogP contribution in [0.2, 0.25) is 5.02 Å². The Balaban J connectivity index is 1.67. The molecule has 4 rings (SSSR count). The summed E-state index contributed by atoms with van der Waals surface area (Å²) in [5, 5.41) is 14.2. The van der Waals surface area contributed by atoms with Gasteiger partial charge in [0.25, 0.3) is 5.91 Å². The van der Waals surface area contributed by atoms with Crippen molar-refractivity contribution in [1.29, 1.82) is 0 Å². The minimum absolute atomic E-state index is 0.0706. The Labute approximate surface area is 191 Å². The molecule has 1 aromatic carbocycles. The highest BCUT2D eigenvalue weighted by Gasteiger charge is 2.27. The average Bonchev–Trinajstić information content (AvgIpc) is 3.07. The van der Waals surface area contributed by atoms with E-state index in [9.17, 15) is 9.90 Å². The Bertz CT molecular complexity index is 930. The summed E-state index contributed by atoms with van der Waals surface area (Å²) >= 11 is 6.21. The lowest BCUT2D eigenvalue weighted by molar-refractivity contribution is 0.0716. The maximum Gasteiger partial charge on any atom is 0.253 e. The van der Waals surface area contributed by atoms with Crippen molar-refractivity contribution in [2.24, 2.45) is 5.92 Å². The second kappa shape index (κ2) is 9.79. The number of carbonyl (C=O) groups excluding carboxylic acids is 1. The van der Waals surface area contributed by atoms with E-state index in [0.29, 0.717) is 5.92 Å². The molecule has 2 saturated carbocycles. The summed E-state index contributed by atoms with van der Waals surface area (Å²) in [6, 6.07) is 7.87. The number of rotatable bonds is 5. The van der Waals surface area contributed by atoms with Crippen LogP contribution in [0.15, 0.2) is 24.3 Å². The fourth-order valence-electron chi connectivity index (χ4n) is 5.40. The van der Waals surface area contributed by atoms with Crippen LogP contribution in [0.1, 0.15) is 79.4 Å². The number of aliphatic hydroxyl groups is 1. The number of nitrogens with one attached hydrogen (secondary N) is 1. The second-order valence-electron chi connectivity index (χ2n) is 9.53. The van der Waals surface area contributed by atoms with Gasteiger partial charge in [0.15, 0.2) is 0 Å². The van der Waals surface area contributed by atoms with Gasteiger partial charge >= 0.3 is 0 Å². The Hall–Kier alpha value is -1.78. The summed E-state index contributed by atoms with van der Waals surface area (Å²) in [4.78, 5) is 13.3. The molecule has 168 valence electrons. The Kier molecular flexibility index (Phi) is 7.08. The number of carbonyl (C=O) groups is 1. The van der Waals surface area contributed by atoms with E-state index in [1.54, 1.807) is 0 Å². The summed E-state index contributed by atoms with van der Waals surface area (Å²) in [5.41, 5.74) is 5.06. The van der Waals surface area contributed by atoms with Crippen LogP contribution < -0.4 is 5.32 Å². The molecule has 1 aromatic heterocycles. The van der Waals surface area contributed by atoms with Crippen molar-refractivity contribution in [3.63, 3.8) is 0 Å². The third-order valence-corrected chi connectivity index (χ3v) is 7.52. The molecular weight excluding hydrogens is 408 g/mol. The molecule has 4 nitrogen and oxygen atoms in total. The van der Waals surface area contributed by atoms with Crippen LogP contribution in [0.4, 0.5) is 0 Å². The fraction of sp³-hybridized carbons (Fsp3) is 0.577. The van der Waals surface area contributed by atoms with Crippen LogP contribution in [0, 0.1) is 19.8 Å². The van der Waals surface area contributed by atoms with E-state index in [0.717, 1.165) is 65.3 Å². The van der Waals surface area contributed by atoms with Crippen LogP contribution in [-0.2, 0) is 6.54 Å². The van der Waals surface area contributed by atoms with Crippen molar-refractivity contribution >= 4 is 17.5 Å². The third-order valence-electron chi connectivity index (χ3n) is 7.29. The number of hydrogen-bond acceptors (Lipinski definition) is 2. The summed E-state index contributed by atoms with van der Waals surface area (Å²) in [7, 11) is 0. The minimum Gasteiger partial charge on any atom is -0.391 e. The van der Waals surface area contributed by atoms with Gasteiger partial charge in [-0.1, -0.05) is 49.8 Å². The summed E-state index contributed by atoms with van der Waals surface area (Å²) in [6.07, 6.45) is 9.70. The number of benzene rings is 1. The van der Waals surface area contributed by atoms with Crippen molar-refractivity contribution in [1.82, 2.24) is 9.88 Å². The van der Waals surface area contributed by atoms with Crippen molar-refractivity contribution < 1.29 is 9.90 Å². The van der Waals surface area contributed by atoms with Gasteiger partial charge in [0, 0.05) is 28.5 Å². The molecule has 0 saturated heterocycles. The molecule has 2 aromatic rings. The number of amides is 1. The average molecular weight is 443 g/mol. The Morgan fingerprint density at radius 3 is 2.48 bits per heavy atom. The lowest BCUT2D eigenvalue weighted by Crippen LogP contribution is -2.45. The molecule has 0 aliphatic heterocycles. The van der Waals surface area contributed by atoms with Crippen LogP contribution >= 0.6 is 11.6 Å². The van der Waals surface area contributed by atoms with Gasteiger partial charge in [-0.3, -0.25) is 4.79 Å². The van der Waals surface area contributed by atoms with Gasteiger partial charge in [-0.05, 0) is 69.2 Å². The number of hydrogen-bond donors (Lipinski definition) is 2. The van der Waals surface area contributed by atoms with Crippen LogP contribution in [0.3, 0.4) is 0 Å². The van der Waals surface area contributed by atoms with E-state index in [4.69, 9.17) is 11.6 Å². The van der Waals surface area contributed by atoms with Crippen molar-refractivity contribution in [2.45, 2.75) is 90.3 Å². The SMILES string of the molecule is Cc1cc(Cl)ccc1-c1cc(C(=O)N[C@@H]2CCCC[C@H]2O)c(C)n1CC1CCCCC1. The Morgan fingerprint density at radius 2 is 1.77 bits per heavy atom. The van der Waals surface area contributed by atoms with E-state index in [1.165, 1.54) is 32.1 Å². The number of aliphatic hydroxyl groups excluding tert-OH is 1. The van der Waals surface area contributed by atoms with E-state index in [2.05, 4.69) is 29.8 Å². The van der Waals surface area contributed by atoms with Gasteiger partial charge in [-0.15, -0.1) is 0 Å². The van der Waals surface area contributed by atoms with E-state index in [-0.39, 0.29) is 11.9 Å². The first-order chi connectivity index (χ1) is 14.9. The predicted molar refractivity (Wildman–Crippen MR) is 127 cm³/mol. The topological polar surface area (TPSA) is 54.3 Å². The van der Waals surface area contributed by atoms with Gasteiger partial charge in [0.2, 0.25) is 0 Å². The maximum atomic E-state index is 13.3. The molecule has 2 atom stereocenters. The van der Waals surface area contributed by atoms with E-state index in [1.807, 2.05) is 18.2 Å². The monoisotopic (exact) mass is 442 g/mol. The quantitative estimate of drug-likeness (QED) is 0.593. The highest BCUT2D eigenvalue weighted by Crippen LogP contribution is 2.33. The van der Waals surface area contributed by atoms with Gasteiger partial charge in [-0.2, -0.15) is 0 Å². The standard InChI is InChI=1S/C26H35ClN2O2/c1-17-14-20(27)12-13-21(17)24-15-22(26(31)28-23-10-6-7-11-25(23)30)18(2)29(24)16-19-8-4-3-5-9-19/h12-15,19,23,25,30H,3-11,16H2,1-2H3,(H,28,31)/t23-,25-/m1/s1. The molecule has 0 radical (unpaired) electrons. The molecule has 0 spiro atoms. The molecule has 1 heterocycles. The van der Waals surface area contributed by atoms with Gasteiger partial charge in [0.1, 0.15) is 0 Å². The Morgan fingerprint density at radius 1 is 1.06 bits per heavy atom. The molecule has 2 aliphatic carbocycles. The van der Waals surface area contributed by atoms with Crippen LogP contribution in [0.25, 0.3) is 11.3 Å². The van der Waals surface area contributed by atoms with E-state index < -0.39 is 6.10 Å². The molecule has 31 heavy (non-hydrogen) atoms. The highest BCUT2D eigenvalue weighted by molar-refractivity contribution is 6.30. The van der Waals surface area contributed by atoms with E-state index >= 15 is 0 Å². The molecule has 0 bridgehead atoms. The summed E-state index contributed by atoms with van der Waals surface area (Å²) < 4.78 is 2.35. The molecule has 2 N–H and O–H groups in total. The van der Waals surface area contributed by atoms with Gasteiger partial charge in [-0.25, -0.2) is 0 Å². The van der Waals surface area contributed by atoms with Gasteiger partial charge in [0.05, 0.1) is 17.7 Å². The second-order valence-corrected chi connectivity index (χ2v) is 9.97. The zero-order chi connectivity index (χ0) is 22.0. The maximum absolute atomic E-state index is 13.3. The first-order valence-electron chi connectivity index (χ1n) is 11.9. The minimum atomic E-state index is -0.444. The van der Waals surface area contributed by atoms with Crippen molar-refractivity contribution in [3.05, 3.63) is 46.1 Å². The number of nitrogens with zero attached hydrogens (tertiary/aromatic N) is 1. The third kappa shape index (κ3) is 5.01. The summed E-state index contributed by atoms with van der Waals surface area (Å²) in [5.74, 6) is 0.584. The van der Waals surface area contributed by atoms with Crippen molar-refractivity contribution in [2.75, 3.05) is 0 Å². The number of halogens is 1. The highest BCUT2D eigenvalue weighted by atomic mass is 35.5. The molecular formula is C26H35ClN2O2. The zero-order valence-corrected chi connectivity index (χ0v) is 19.5. The molecule has 0 unspecified atom stereocenters. The van der Waals surface area contributed by atoms with Crippen LogP contribution in [-0.4, -0.2) is 27.7 Å². The first kappa shape index (κ1) is 22.4. The molecule has 2 fully saturated rings. The molecule has 5 heteroatoms. The lowest BCUT2D eigenvalue weighted by atomic mass is 9.89. The normalized spacial score (nSPS) is 22.5. The fourth-order valence-corrected chi connectivity index (χ4v) is 5.63. The first-order valence-corrected chi connectivity index (χ1v) is 12.3. The number of aryl methyl sites for hydroxylation is 1. The zero-order valence-electron chi connectivity index (χ0n) is 18.8. The van der Waals surface area contributed by atoms with Gasteiger partial charge < -0.3 is 15.0 Å². The lowest BCUT2D eigenvalue weighted by Gasteiger charge is -2.28. The molecule has 2 aliphatic rings. The van der Waals surface area contributed by atoms with Crippen molar-refractivity contribution in [3.8, 4) is 11.3 Å². The largest absolute Gasteiger partial charge is 0.391 e. The van der Waals surface area contributed by atoms with Crippen LogP contribution in [0.5, 0.6) is 0 Å².